The topological polar surface area (TPSA) is 25.8 Å². The Labute approximate surface area is 323 Å². The second-order valence-corrected chi connectivity index (χ2v) is 18.5. The van der Waals surface area contributed by atoms with Crippen LogP contribution in [0.2, 0.25) is 0 Å². The summed E-state index contributed by atoms with van der Waals surface area (Å²) in [4.78, 5) is 10.8. The van der Waals surface area contributed by atoms with E-state index >= 15 is 0 Å². The van der Waals surface area contributed by atoms with Crippen molar-refractivity contribution in [1.82, 2.24) is 9.97 Å². The summed E-state index contributed by atoms with van der Waals surface area (Å²) in [6.45, 7) is 4.97. The normalized spacial score (nSPS) is 28.9. The Morgan fingerprint density at radius 1 is 0.600 bits per heavy atom. The van der Waals surface area contributed by atoms with Gasteiger partial charge in [0, 0.05) is 39.4 Å². The predicted molar refractivity (Wildman–Crippen MR) is 225 cm³/mol. The molecule has 0 amide bonds. The summed E-state index contributed by atoms with van der Waals surface area (Å²) in [5.41, 5.74) is 17.6. The number of aromatic nitrogens is 2. The van der Waals surface area contributed by atoms with Crippen LogP contribution in [0.3, 0.4) is 0 Å². The van der Waals surface area contributed by atoms with E-state index in [0.29, 0.717) is 5.92 Å². The van der Waals surface area contributed by atoms with E-state index in [0.717, 1.165) is 52.0 Å². The van der Waals surface area contributed by atoms with Gasteiger partial charge in [0.1, 0.15) is 0 Å². The first-order chi connectivity index (χ1) is 27.0. The fraction of sp³-hybridized carbons (Fsp3) is 0.283. The molecule has 8 aliphatic carbocycles. The zero-order valence-electron chi connectivity index (χ0n) is 31.6. The van der Waals surface area contributed by atoms with Gasteiger partial charge in [0.15, 0.2) is 5.82 Å². The van der Waals surface area contributed by atoms with Crippen molar-refractivity contribution in [2.45, 2.75) is 62.7 Å². The average molecular weight is 709 g/mol. The Bertz CT molecular complexity index is 2730. The number of fused-ring (bicyclic) bond motifs is 12. The summed E-state index contributed by atoms with van der Waals surface area (Å²) in [6.07, 6.45) is 20.6. The third kappa shape index (κ3) is 3.91. The Morgan fingerprint density at radius 2 is 1.35 bits per heavy atom. The standard InChI is InChI=1S/C53H44N2/c1-52(2)44-29-35(51-54-45-23-18-32-10-6-8-14-38(32)47(45)50(55-51)34-12-4-3-5-13-34)17-19-40(44)41-21-22-43-46(49(41)52)42-20-16-33-11-7-9-15-39(33)48(42)53(43)36-25-30-24-31(27-36)28-37(53)26-30/h3-23,29-32,36-38H,24-28H2,1-2H3. The highest BCUT2D eigenvalue weighted by atomic mass is 14.9. The SMILES string of the molecule is CC1(C)c2cc(-c3nc4c(c(-c5ccccc5)n3)C3C=CC=CC3C=C4)ccc2-c2ccc3c(c21)-c1ccc2ccccc2c1C31C2CC3CC(C2)CC1C3. The third-order valence-corrected chi connectivity index (χ3v) is 15.6. The van der Waals surface area contributed by atoms with Gasteiger partial charge in [-0.2, -0.15) is 0 Å². The van der Waals surface area contributed by atoms with Gasteiger partial charge in [-0.3, -0.25) is 0 Å². The molecule has 14 rings (SSSR count). The van der Waals surface area contributed by atoms with E-state index in [2.05, 4.69) is 147 Å². The second kappa shape index (κ2) is 10.7. The van der Waals surface area contributed by atoms with Gasteiger partial charge in [0.2, 0.25) is 0 Å². The van der Waals surface area contributed by atoms with Crippen LogP contribution < -0.4 is 0 Å². The summed E-state index contributed by atoms with van der Waals surface area (Å²) in [6, 6.07) is 37.2. The molecule has 4 bridgehead atoms. The van der Waals surface area contributed by atoms with Crippen molar-refractivity contribution >= 4 is 16.8 Å². The summed E-state index contributed by atoms with van der Waals surface area (Å²) >= 11 is 0. The van der Waals surface area contributed by atoms with Crippen LogP contribution >= 0.6 is 0 Å². The zero-order chi connectivity index (χ0) is 36.2. The maximum atomic E-state index is 5.45. The van der Waals surface area contributed by atoms with Crippen LogP contribution in [0.25, 0.3) is 61.7 Å². The molecule has 6 aromatic rings. The number of hydrogen-bond acceptors (Lipinski definition) is 2. The maximum Gasteiger partial charge on any atom is 0.160 e. The molecule has 2 unspecified atom stereocenters. The van der Waals surface area contributed by atoms with E-state index in [1.54, 1.807) is 16.7 Å². The minimum Gasteiger partial charge on any atom is -0.228 e. The van der Waals surface area contributed by atoms with Crippen molar-refractivity contribution in [3.8, 4) is 44.9 Å². The van der Waals surface area contributed by atoms with Crippen LogP contribution in [0.4, 0.5) is 0 Å². The van der Waals surface area contributed by atoms with Crippen LogP contribution in [-0.4, -0.2) is 9.97 Å². The molecule has 2 heteroatoms. The molecule has 266 valence electrons. The van der Waals surface area contributed by atoms with E-state index in [-0.39, 0.29) is 16.7 Å². The van der Waals surface area contributed by atoms with Crippen molar-refractivity contribution in [1.29, 1.82) is 0 Å². The Morgan fingerprint density at radius 3 is 2.18 bits per heavy atom. The summed E-state index contributed by atoms with van der Waals surface area (Å²) < 4.78 is 0. The lowest BCUT2D eigenvalue weighted by Crippen LogP contribution is -2.55. The first kappa shape index (κ1) is 30.9. The number of allylic oxidation sites excluding steroid dienone is 5. The van der Waals surface area contributed by atoms with Crippen LogP contribution in [0.1, 0.15) is 85.4 Å². The van der Waals surface area contributed by atoms with E-state index in [4.69, 9.17) is 9.97 Å². The van der Waals surface area contributed by atoms with E-state index in [1.807, 2.05) is 0 Å². The van der Waals surface area contributed by atoms with E-state index < -0.39 is 0 Å². The van der Waals surface area contributed by atoms with Crippen LogP contribution in [0, 0.1) is 29.6 Å². The first-order valence-corrected chi connectivity index (χ1v) is 20.8. The summed E-state index contributed by atoms with van der Waals surface area (Å²) in [7, 11) is 0. The zero-order valence-corrected chi connectivity index (χ0v) is 31.6. The molecule has 2 atom stereocenters. The average Bonchev–Trinajstić information content (AvgIpc) is 3.65. The molecular formula is C53H44N2. The number of benzene rings is 5. The Kier molecular flexibility index (Phi) is 6.01. The fourth-order valence-corrected chi connectivity index (χ4v) is 13.7. The molecule has 1 aromatic heterocycles. The summed E-state index contributed by atoms with van der Waals surface area (Å²) in [5.74, 6) is 4.68. The lowest BCUT2D eigenvalue weighted by Gasteiger charge is -2.61. The fourth-order valence-electron chi connectivity index (χ4n) is 13.7. The van der Waals surface area contributed by atoms with Gasteiger partial charge in [0.25, 0.3) is 0 Å². The molecule has 55 heavy (non-hydrogen) atoms. The van der Waals surface area contributed by atoms with Gasteiger partial charge in [-0.15, -0.1) is 0 Å². The molecule has 4 fully saturated rings. The smallest absolute Gasteiger partial charge is 0.160 e. The van der Waals surface area contributed by atoms with Gasteiger partial charge in [-0.1, -0.05) is 135 Å². The quantitative estimate of drug-likeness (QED) is 0.179. The highest BCUT2D eigenvalue weighted by Gasteiger charge is 2.63. The minimum atomic E-state index is -0.185. The predicted octanol–water partition coefficient (Wildman–Crippen LogP) is 12.8. The minimum absolute atomic E-state index is 0.116. The van der Waals surface area contributed by atoms with Crippen molar-refractivity contribution in [3.63, 3.8) is 0 Å². The number of nitrogens with zero attached hydrogens (tertiary/aromatic N) is 2. The lowest BCUT2D eigenvalue weighted by atomic mass is 9.43. The van der Waals surface area contributed by atoms with Gasteiger partial charge in [0.05, 0.1) is 11.4 Å². The monoisotopic (exact) mass is 708 g/mol. The lowest BCUT2D eigenvalue weighted by molar-refractivity contribution is -0.0393. The highest BCUT2D eigenvalue weighted by molar-refractivity contribution is 6.02. The highest BCUT2D eigenvalue weighted by Crippen LogP contribution is 2.72. The molecule has 2 nitrogen and oxygen atoms in total. The third-order valence-electron chi connectivity index (χ3n) is 15.6. The Balaban J connectivity index is 1.00. The molecule has 1 spiro atoms. The maximum absolute atomic E-state index is 5.45. The molecule has 4 saturated carbocycles. The molecule has 1 heterocycles. The first-order valence-electron chi connectivity index (χ1n) is 20.8. The van der Waals surface area contributed by atoms with Gasteiger partial charge >= 0.3 is 0 Å². The van der Waals surface area contributed by atoms with Crippen LogP contribution in [-0.2, 0) is 10.8 Å². The van der Waals surface area contributed by atoms with Crippen molar-refractivity contribution in [2.24, 2.45) is 29.6 Å². The molecule has 0 aliphatic heterocycles. The van der Waals surface area contributed by atoms with E-state index in [9.17, 15) is 0 Å². The van der Waals surface area contributed by atoms with Gasteiger partial charge < -0.3 is 0 Å². The molecule has 0 radical (unpaired) electrons. The molecule has 8 aliphatic rings. The Hall–Kier alpha value is -5.34. The summed E-state index contributed by atoms with van der Waals surface area (Å²) in [5, 5.41) is 2.89. The largest absolute Gasteiger partial charge is 0.228 e. The van der Waals surface area contributed by atoms with Crippen molar-refractivity contribution < 1.29 is 0 Å². The van der Waals surface area contributed by atoms with Crippen molar-refractivity contribution in [2.75, 3.05) is 0 Å². The van der Waals surface area contributed by atoms with Gasteiger partial charge in [-0.05, 0) is 123 Å². The molecular weight excluding hydrogens is 665 g/mol. The van der Waals surface area contributed by atoms with Crippen molar-refractivity contribution in [3.05, 3.63) is 161 Å². The number of rotatable bonds is 2. The molecule has 0 N–H and O–H groups in total. The number of hydrogen-bond donors (Lipinski definition) is 0. The van der Waals surface area contributed by atoms with Crippen LogP contribution in [0.5, 0.6) is 0 Å². The van der Waals surface area contributed by atoms with E-state index in [1.165, 1.54) is 76.3 Å². The molecule has 5 aromatic carbocycles. The molecule has 0 saturated heterocycles. The van der Waals surface area contributed by atoms with Crippen LogP contribution in [0.15, 0.2) is 127 Å². The second-order valence-electron chi connectivity index (χ2n) is 18.5. The van der Waals surface area contributed by atoms with Gasteiger partial charge in [-0.25, -0.2) is 9.97 Å².